The van der Waals surface area contributed by atoms with Gasteiger partial charge in [-0.3, -0.25) is 4.40 Å². The maximum Gasteiger partial charge on any atom is 0.144 e. The lowest BCUT2D eigenvalue weighted by molar-refractivity contribution is 0.415. The van der Waals surface area contributed by atoms with Gasteiger partial charge in [-0.15, -0.1) is 0 Å². The number of rotatable bonds is 3. The van der Waals surface area contributed by atoms with Gasteiger partial charge in [-0.25, -0.2) is 4.98 Å². The summed E-state index contributed by atoms with van der Waals surface area (Å²) in [7, 11) is 3.58. The van der Waals surface area contributed by atoms with Crippen molar-refractivity contribution in [2.75, 3.05) is 19.5 Å². The van der Waals surface area contributed by atoms with Crippen molar-refractivity contribution in [3.63, 3.8) is 0 Å². The van der Waals surface area contributed by atoms with Crippen LogP contribution in [0.2, 0.25) is 0 Å². The van der Waals surface area contributed by atoms with E-state index in [1.807, 2.05) is 49.8 Å². The first-order valence-electron chi connectivity index (χ1n) is 6.11. The quantitative estimate of drug-likeness (QED) is 0.779. The summed E-state index contributed by atoms with van der Waals surface area (Å²) < 4.78 is 7.24. The van der Waals surface area contributed by atoms with Crippen LogP contribution in [-0.4, -0.2) is 23.5 Å². The molecule has 4 nitrogen and oxygen atoms in total. The molecule has 2 aromatic heterocycles. The maximum absolute atomic E-state index is 5.17. The number of ether oxygens (including phenoxy) is 1. The van der Waals surface area contributed by atoms with Crippen LogP contribution in [0, 0.1) is 0 Å². The van der Waals surface area contributed by atoms with E-state index in [9.17, 15) is 0 Å². The fourth-order valence-electron chi connectivity index (χ4n) is 2.11. The molecule has 1 N–H and O–H groups in total. The lowest BCUT2D eigenvalue weighted by Crippen LogP contribution is -1.92. The minimum absolute atomic E-state index is 0.849. The zero-order valence-electron chi connectivity index (χ0n) is 10.9. The van der Waals surface area contributed by atoms with E-state index >= 15 is 0 Å². The molecule has 0 atom stereocenters. The van der Waals surface area contributed by atoms with Gasteiger partial charge in [0.1, 0.15) is 11.6 Å². The summed E-state index contributed by atoms with van der Waals surface area (Å²) in [5, 5.41) is 3.13. The molecule has 0 amide bonds. The lowest BCUT2D eigenvalue weighted by atomic mass is 10.2. The largest absolute Gasteiger partial charge is 0.497 e. The number of benzene rings is 1. The number of nitrogens with zero attached hydrogens (tertiary/aromatic N) is 2. The fraction of sp³-hybridized carbons (Fsp3) is 0.133. The smallest absolute Gasteiger partial charge is 0.144 e. The Labute approximate surface area is 111 Å². The summed E-state index contributed by atoms with van der Waals surface area (Å²) >= 11 is 0. The third-order valence-corrected chi connectivity index (χ3v) is 3.17. The van der Waals surface area contributed by atoms with Crippen LogP contribution in [0.15, 0.2) is 48.8 Å². The number of hydrogen-bond donors (Lipinski definition) is 1. The number of methoxy groups -OCH3 is 1. The van der Waals surface area contributed by atoms with Gasteiger partial charge in [-0.1, -0.05) is 0 Å². The normalized spacial score (nSPS) is 10.6. The van der Waals surface area contributed by atoms with Gasteiger partial charge in [-0.2, -0.15) is 0 Å². The van der Waals surface area contributed by atoms with Crippen LogP contribution in [0.3, 0.4) is 0 Å². The summed E-state index contributed by atoms with van der Waals surface area (Å²) in [6.07, 6.45) is 3.90. The van der Waals surface area contributed by atoms with Gasteiger partial charge in [0.05, 0.1) is 18.8 Å². The molecule has 19 heavy (non-hydrogen) atoms. The Kier molecular flexibility index (Phi) is 2.83. The molecule has 0 spiro atoms. The van der Waals surface area contributed by atoms with Crippen LogP contribution in [-0.2, 0) is 0 Å². The molecular weight excluding hydrogens is 238 g/mol. The van der Waals surface area contributed by atoms with Crippen LogP contribution in [0.4, 0.5) is 5.69 Å². The van der Waals surface area contributed by atoms with Crippen molar-refractivity contribution in [2.45, 2.75) is 0 Å². The van der Waals surface area contributed by atoms with Crippen molar-refractivity contribution < 1.29 is 4.74 Å². The Balaban J connectivity index is 2.09. The molecule has 1 aromatic carbocycles. The second-order valence-electron chi connectivity index (χ2n) is 4.27. The Morgan fingerprint density at radius 2 is 1.95 bits per heavy atom. The van der Waals surface area contributed by atoms with Crippen LogP contribution in [0.1, 0.15) is 0 Å². The molecule has 0 aliphatic carbocycles. The summed E-state index contributed by atoms with van der Waals surface area (Å²) in [5.74, 6) is 1.78. The Morgan fingerprint density at radius 1 is 1.16 bits per heavy atom. The third kappa shape index (κ3) is 2.01. The average molecular weight is 253 g/mol. The second kappa shape index (κ2) is 4.65. The van der Waals surface area contributed by atoms with Crippen LogP contribution in [0.5, 0.6) is 5.75 Å². The predicted octanol–water partition coefficient (Wildman–Crippen LogP) is 3.05. The minimum atomic E-state index is 0.849. The highest BCUT2D eigenvalue weighted by atomic mass is 16.5. The number of aromatic nitrogens is 2. The SMILES string of the molecule is CNc1ccn2c(-c3ccc(OC)cc3)ncc2c1. The first kappa shape index (κ1) is 11.6. The molecule has 0 radical (unpaired) electrons. The number of anilines is 1. The monoisotopic (exact) mass is 253 g/mol. The van der Waals surface area contributed by atoms with Gasteiger partial charge in [0.25, 0.3) is 0 Å². The fourth-order valence-corrected chi connectivity index (χ4v) is 2.11. The van der Waals surface area contributed by atoms with E-state index in [2.05, 4.69) is 20.8 Å². The molecule has 0 saturated carbocycles. The van der Waals surface area contributed by atoms with Crippen molar-refractivity contribution in [3.8, 4) is 17.1 Å². The number of pyridine rings is 1. The topological polar surface area (TPSA) is 38.6 Å². The Bertz CT molecular complexity index is 701. The van der Waals surface area contributed by atoms with Gasteiger partial charge in [0.2, 0.25) is 0 Å². The lowest BCUT2D eigenvalue weighted by Gasteiger charge is -2.05. The average Bonchev–Trinajstić information content (AvgIpc) is 2.90. The van der Waals surface area contributed by atoms with Gasteiger partial charge >= 0.3 is 0 Å². The second-order valence-corrected chi connectivity index (χ2v) is 4.27. The van der Waals surface area contributed by atoms with E-state index in [1.54, 1.807) is 7.11 Å². The van der Waals surface area contributed by atoms with Crippen LogP contribution in [0.25, 0.3) is 16.9 Å². The molecule has 0 fully saturated rings. The highest BCUT2D eigenvalue weighted by Gasteiger charge is 2.06. The summed E-state index contributed by atoms with van der Waals surface area (Å²) in [4.78, 5) is 4.49. The van der Waals surface area contributed by atoms with E-state index in [0.29, 0.717) is 0 Å². The van der Waals surface area contributed by atoms with E-state index in [-0.39, 0.29) is 0 Å². The highest BCUT2D eigenvalue weighted by Crippen LogP contribution is 2.23. The summed E-state index contributed by atoms with van der Waals surface area (Å²) in [6, 6.07) is 12.0. The number of nitrogens with one attached hydrogen (secondary N) is 1. The maximum atomic E-state index is 5.17. The van der Waals surface area contributed by atoms with Crippen LogP contribution < -0.4 is 10.1 Å². The molecule has 0 aliphatic rings. The van der Waals surface area contributed by atoms with Gasteiger partial charge in [0, 0.05) is 24.5 Å². The summed E-state index contributed by atoms with van der Waals surface area (Å²) in [6.45, 7) is 0. The first-order chi connectivity index (χ1) is 9.31. The van der Waals surface area contributed by atoms with E-state index in [4.69, 9.17) is 4.74 Å². The number of hydrogen-bond acceptors (Lipinski definition) is 3. The van der Waals surface area contributed by atoms with Crippen molar-refractivity contribution in [1.82, 2.24) is 9.38 Å². The van der Waals surface area contributed by atoms with E-state index in [0.717, 1.165) is 28.3 Å². The number of fused-ring (bicyclic) bond motifs is 1. The molecule has 0 unspecified atom stereocenters. The zero-order valence-corrected chi connectivity index (χ0v) is 10.9. The Morgan fingerprint density at radius 3 is 2.63 bits per heavy atom. The van der Waals surface area contributed by atoms with Crippen molar-refractivity contribution in [1.29, 1.82) is 0 Å². The number of imidazole rings is 1. The molecular formula is C15H15N3O. The van der Waals surface area contributed by atoms with Crippen LogP contribution >= 0.6 is 0 Å². The van der Waals surface area contributed by atoms with Crippen molar-refractivity contribution in [2.24, 2.45) is 0 Å². The van der Waals surface area contributed by atoms with E-state index in [1.165, 1.54) is 0 Å². The molecule has 0 aliphatic heterocycles. The predicted molar refractivity (Wildman–Crippen MR) is 76.7 cm³/mol. The van der Waals surface area contributed by atoms with Crippen molar-refractivity contribution >= 4 is 11.2 Å². The zero-order chi connectivity index (χ0) is 13.2. The molecule has 3 rings (SSSR count). The first-order valence-corrected chi connectivity index (χ1v) is 6.11. The van der Waals surface area contributed by atoms with Gasteiger partial charge < -0.3 is 10.1 Å². The molecule has 3 aromatic rings. The molecule has 0 saturated heterocycles. The molecule has 2 heterocycles. The van der Waals surface area contributed by atoms with E-state index < -0.39 is 0 Å². The third-order valence-electron chi connectivity index (χ3n) is 3.17. The molecule has 4 heteroatoms. The molecule has 96 valence electrons. The van der Waals surface area contributed by atoms with Gasteiger partial charge in [0.15, 0.2) is 0 Å². The molecule has 0 bridgehead atoms. The Hall–Kier alpha value is -2.49. The van der Waals surface area contributed by atoms with Crippen molar-refractivity contribution in [3.05, 3.63) is 48.8 Å². The van der Waals surface area contributed by atoms with Gasteiger partial charge in [-0.05, 0) is 36.4 Å². The minimum Gasteiger partial charge on any atom is -0.497 e. The standard InChI is InChI=1S/C15H15N3O/c1-16-12-7-8-18-13(9-12)10-17-15(18)11-3-5-14(19-2)6-4-11/h3-10,16H,1-2H3. The highest BCUT2D eigenvalue weighted by molar-refractivity contribution is 5.66. The summed E-state index contributed by atoms with van der Waals surface area (Å²) in [5.41, 5.74) is 3.21.